The zero-order chi connectivity index (χ0) is 19.5. The first kappa shape index (κ1) is 23.0. The molecule has 27 heavy (non-hydrogen) atoms. The quantitative estimate of drug-likeness (QED) is 0.500. The molecule has 2 aliphatic rings. The predicted molar refractivity (Wildman–Crippen MR) is 112 cm³/mol. The van der Waals surface area contributed by atoms with Crippen LogP contribution < -0.4 is 11.5 Å². The topological polar surface area (TPSA) is 77.0 Å². The van der Waals surface area contributed by atoms with Crippen LogP contribution in [0, 0.1) is 11.8 Å². The first-order valence-corrected chi connectivity index (χ1v) is 11.1. The molecular formula is C21H44N4O2. The maximum atomic E-state index is 6.06. The lowest BCUT2D eigenvalue weighted by Crippen LogP contribution is -2.48. The van der Waals surface area contributed by atoms with Crippen LogP contribution in [-0.2, 0) is 9.47 Å². The second kappa shape index (κ2) is 12.3. The molecule has 160 valence electrons. The average molecular weight is 385 g/mol. The largest absolute Gasteiger partial charge is 0.351 e. The lowest BCUT2D eigenvalue weighted by atomic mass is 9.79. The minimum atomic E-state index is -0.488. The molecule has 6 heteroatoms. The molecule has 1 saturated carbocycles. The van der Waals surface area contributed by atoms with Gasteiger partial charge in [-0.05, 0) is 45.1 Å². The molecule has 0 aromatic heterocycles. The summed E-state index contributed by atoms with van der Waals surface area (Å²) >= 11 is 0. The number of ether oxygens (including phenoxy) is 2. The zero-order valence-corrected chi connectivity index (χ0v) is 17.8. The molecule has 1 saturated heterocycles. The Balaban J connectivity index is 1.51. The van der Waals surface area contributed by atoms with Gasteiger partial charge in [0.15, 0.2) is 5.79 Å². The number of nitrogens with two attached hydrogens (primary N) is 2. The van der Waals surface area contributed by atoms with Crippen LogP contribution in [0.5, 0.6) is 0 Å². The summed E-state index contributed by atoms with van der Waals surface area (Å²) < 4.78 is 12.1. The average Bonchev–Trinajstić information content (AvgIpc) is 2.65. The van der Waals surface area contributed by atoms with Crippen molar-refractivity contribution in [1.29, 1.82) is 0 Å². The van der Waals surface area contributed by atoms with E-state index in [4.69, 9.17) is 20.9 Å². The van der Waals surface area contributed by atoms with Crippen molar-refractivity contribution in [2.24, 2.45) is 23.3 Å². The standard InChI is InChI=1S/C21H44N4O2/c1-21(2,26-17-8-20-5-3-19(4-6-20)7-9-22)27-18-16-25-14-12-24(11-10-23)13-15-25/h19-20H,3-18,22-23H2,1-2H3. The second-order valence-electron chi connectivity index (χ2n) is 8.82. The highest BCUT2D eigenvalue weighted by atomic mass is 16.7. The first-order valence-electron chi connectivity index (χ1n) is 11.1. The summed E-state index contributed by atoms with van der Waals surface area (Å²) in [7, 11) is 0. The number of rotatable bonds is 12. The smallest absolute Gasteiger partial charge is 0.162 e. The van der Waals surface area contributed by atoms with Gasteiger partial charge in [-0.1, -0.05) is 25.7 Å². The highest BCUT2D eigenvalue weighted by Gasteiger charge is 2.24. The summed E-state index contributed by atoms with van der Waals surface area (Å²) in [5, 5.41) is 0. The predicted octanol–water partition coefficient (Wildman–Crippen LogP) is 1.88. The van der Waals surface area contributed by atoms with E-state index >= 15 is 0 Å². The van der Waals surface area contributed by atoms with Crippen molar-refractivity contribution in [2.75, 3.05) is 65.6 Å². The summed E-state index contributed by atoms with van der Waals surface area (Å²) in [6.07, 6.45) is 7.73. The summed E-state index contributed by atoms with van der Waals surface area (Å²) in [6.45, 7) is 13.7. The number of hydrogen-bond donors (Lipinski definition) is 2. The van der Waals surface area contributed by atoms with Crippen LogP contribution in [0.15, 0.2) is 0 Å². The molecule has 1 aliphatic carbocycles. The Kier molecular flexibility index (Phi) is 10.5. The Morgan fingerprint density at radius 2 is 1.26 bits per heavy atom. The molecule has 0 spiro atoms. The molecule has 6 nitrogen and oxygen atoms in total. The molecule has 0 bridgehead atoms. The van der Waals surface area contributed by atoms with Crippen LogP contribution in [0.25, 0.3) is 0 Å². The fourth-order valence-electron chi connectivity index (χ4n) is 4.40. The molecule has 1 aliphatic heterocycles. The van der Waals surface area contributed by atoms with E-state index in [9.17, 15) is 0 Å². The first-order chi connectivity index (χ1) is 13.0. The number of nitrogens with zero attached hydrogens (tertiary/aromatic N) is 2. The minimum Gasteiger partial charge on any atom is -0.351 e. The normalized spacial score (nSPS) is 25.8. The Hall–Kier alpha value is -0.240. The van der Waals surface area contributed by atoms with Gasteiger partial charge in [-0.15, -0.1) is 0 Å². The number of hydrogen-bond acceptors (Lipinski definition) is 6. The van der Waals surface area contributed by atoms with Crippen LogP contribution in [-0.4, -0.2) is 81.2 Å². The molecule has 0 aromatic rings. The molecule has 0 unspecified atom stereocenters. The van der Waals surface area contributed by atoms with Crippen molar-refractivity contribution in [1.82, 2.24) is 9.80 Å². The van der Waals surface area contributed by atoms with E-state index in [-0.39, 0.29) is 0 Å². The summed E-state index contributed by atoms with van der Waals surface area (Å²) in [4.78, 5) is 4.91. The lowest BCUT2D eigenvalue weighted by molar-refractivity contribution is -0.216. The van der Waals surface area contributed by atoms with Gasteiger partial charge in [0.1, 0.15) is 0 Å². The van der Waals surface area contributed by atoms with E-state index in [2.05, 4.69) is 9.80 Å². The van der Waals surface area contributed by atoms with Crippen LogP contribution in [0.4, 0.5) is 0 Å². The van der Waals surface area contributed by atoms with Crippen LogP contribution in [0.2, 0.25) is 0 Å². The van der Waals surface area contributed by atoms with Gasteiger partial charge in [-0.3, -0.25) is 9.80 Å². The molecule has 0 aromatic carbocycles. The van der Waals surface area contributed by atoms with Crippen LogP contribution in [0.1, 0.15) is 52.4 Å². The molecule has 2 fully saturated rings. The van der Waals surface area contributed by atoms with E-state index in [1.54, 1.807) is 0 Å². The van der Waals surface area contributed by atoms with Gasteiger partial charge < -0.3 is 20.9 Å². The van der Waals surface area contributed by atoms with E-state index in [0.717, 1.165) is 83.8 Å². The summed E-state index contributed by atoms with van der Waals surface area (Å²) in [6, 6.07) is 0. The van der Waals surface area contributed by atoms with Crippen molar-refractivity contribution in [3.63, 3.8) is 0 Å². The number of piperazine rings is 1. The fourth-order valence-corrected chi connectivity index (χ4v) is 4.40. The van der Waals surface area contributed by atoms with Gasteiger partial charge in [0.25, 0.3) is 0 Å². The second-order valence-corrected chi connectivity index (χ2v) is 8.82. The van der Waals surface area contributed by atoms with Gasteiger partial charge in [-0.2, -0.15) is 0 Å². The van der Waals surface area contributed by atoms with Gasteiger partial charge in [0.05, 0.1) is 13.2 Å². The molecule has 0 atom stereocenters. The van der Waals surface area contributed by atoms with Crippen molar-refractivity contribution >= 4 is 0 Å². The SMILES string of the molecule is CC(C)(OCCC1CCC(CCN)CC1)OCCN1CCN(CCN)CC1. The van der Waals surface area contributed by atoms with Crippen molar-refractivity contribution in [2.45, 2.75) is 58.2 Å². The third kappa shape index (κ3) is 9.20. The molecular weight excluding hydrogens is 340 g/mol. The van der Waals surface area contributed by atoms with E-state index < -0.39 is 5.79 Å². The van der Waals surface area contributed by atoms with Crippen molar-refractivity contribution in [3.05, 3.63) is 0 Å². The molecule has 2 rings (SSSR count). The third-order valence-electron chi connectivity index (χ3n) is 6.28. The monoisotopic (exact) mass is 384 g/mol. The molecule has 4 N–H and O–H groups in total. The highest BCUT2D eigenvalue weighted by molar-refractivity contribution is 4.74. The lowest BCUT2D eigenvalue weighted by Gasteiger charge is -2.35. The van der Waals surface area contributed by atoms with Crippen molar-refractivity contribution < 1.29 is 9.47 Å². The highest BCUT2D eigenvalue weighted by Crippen LogP contribution is 2.32. The van der Waals surface area contributed by atoms with E-state index in [0.29, 0.717) is 0 Å². The Labute approximate surface area is 166 Å². The molecule has 1 heterocycles. The van der Waals surface area contributed by atoms with Gasteiger partial charge >= 0.3 is 0 Å². The van der Waals surface area contributed by atoms with Gasteiger partial charge in [-0.25, -0.2) is 0 Å². The van der Waals surface area contributed by atoms with Crippen molar-refractivity contribution in [3.8, 4) is 0 Å². The van der Waals surface area contributed by atoms with Crippen LogP contribution >= 0.6 is 0 Å². The minimum absolute atomic E-state index is 0.488. The molecule has 0 amide bonds. The third-order valence-corrected chi connectivity index (χ3v) is 6.28. The Bertz CT molecular complexity index is 344. The maximum absolute atomic E-state index is 6.06. The Morgan fingerprint density at radius 1 is 0.741 bits per heavy atom. The zero-order valence-electron chi connectivity index (χ0n) is 17.8. The summed E-state index contributed by atoms with van der Waals surface area (Å²) in [5.74, 6) is 1.20. The van der Waals surface area contributed by atoms with Gasteiger partial charge in [0, 0.05) is 45.8 Å². The Morgan fingerprint density at radius 3 is 1.81 bits per heavy atom. The van der Waals surface area contributed by atoms with E-state index in [1.807, 2.05) is 13.8 Å². The van der Waals surface area contributed by atoms with Gasteiger partial charge in [0.2, 0.25) is 0 Å². The summed E-state index contributed by atoms with van der Waals surface area (Å²) in [5.41, 5.74) is 11.3. The maximum Gasteiger partial charge on any atom is 0.162 e. The fraction of sp³-hybridized carbons (Fsp3) is 1.00. The van der Waals surface area contributed by atoms with E-state index in [1.165, 1.54) is 32.1 Å². The van der Waals surface area contributed by atoms with Crippen LogP contribution in [0.3, 0.4) is 0 Å². The molecule has 0 radical (unpaired) electrons.